The second-order valence-corrected chi connectivity index (χ2v) is 11.4. The number of piperidine rings is 1. The quantitative estimate of drug-likeness (QED) is 0.179. The van der Waals surface area contributed by atoms with Crippen LogP contribution in [0.15, 0.2) is 54.6 Å². The number of carbonyl (C=O) groups is 2. The van der Waals surface area contributed by atoms with E-state index in [1.165, 1.54) is 25.0 Å². The van der Waals surface area contributed by atoms with Gasteiger partial charge in [-0.1, -0.05) is 27.2 Å². The molecule has 1 saturated heterocycles. The van der Waals surface area contributed by atoms with E-state index in [0.717, 1.165) is 68.8 Å². The number of benzene rings is 3. The maximum atomic E-state index is 14.7. The number of urea groups is 1. The van der Waals surface area contributed by atoms with Gasteiger partial charge in [-0.3, -0.25) is 4.79 Å². The lowest BCUT2D eigenvalue weighted by atomic mass is 10.1. The standard InChI is InChI=1S/C35H44F2N4O4/c1-5-8-17-41-18-15-28(16-19-41)44-32-14-9-24(20-23(32)4)34(42)38-26-10-12-27(13-11-26)45-33-22-29(36)31(21-30(33)37)40-35(43)39-25(6-2)7-3/h9-14,20-22,25,28H,5-8,15-19H2,1-4H3,(H,38,42)(H2,39,40,43). The van der Waals surface area contributed by atoms with Crippen molar-refractivity contribution in [1.82, 2.24) is 10.2 Å². The Morgan fingerprint density at radius 1 is 0.911 bits per heavy atom. The number of unbranched alkanes of at least 4 members (excludes halogenated alkanes) is 1. The SMILES string of the molecule is CCCCN1CCC(Oc2ccc(C(=O)Nc3ccc(Oc4cc(F)c(NC(=O)NC(CC)CC)cc4F)cc3)cc2C)CC1. The van der Waals surface area contributed by atoms with E-state index in [1.807, 2.05) is 32.9 Å². The van der Waals surface area contributed by atoms with E-state index in [9.17, 15) is 18.4 Å². The fourth-order valence-corrected chi connectivity index (χ4v) is 5.21. The largest absolute Gasteiger partial charge is 0.490 e. The molecule has 0 aliphatic carbocycles. The third-order valence-electron chi connectivity index (χ3n) is 8.02. The summed E-state index contributed by atoms with van der Waals surface area (Å²) in [6.45, 7) is 11.2. The van der Waals surface area contributed by atoms with Gasteiger partial charge in [-0.15, -0.1) is 0 Å². The van der Waals surface area contributed by atoms with Gasteiger partial charge in [0.25, 0.3) is 5.91 Å². The Kier molecular flexibility index (Phi) is 12.2. The minimum atomic E-state index is -0.841. The minimum absolute atomic E-state index is 0.0640. The van der Waals surface area contributed by atoms with Gasteiger partial charge >= 0.3 is 6.03 Å². The van der Waals surface area contributed by atoms with Gasteiger partial charge in [0, 0.05) is 42.5 Å². The molecule has 0 saturated carbocycles. The predicted molar refractivity (Wildman–Crippen MR) is 174 cm³/mol. The third-order valence-corrected chi connectivity index (χ3v) is 8.02. The Balaban J connectivity index is 1.30. The first-order valence-electron chi connectivity index (χ1n) is 15.8. The molecule has 3 aromatic rings. The van der Waals surface area contributed by atoms with Crippen molar-refractivity contribution in [2.24, 2.45) is 0 Å². The number of hydrogen-bond donors (Lipinski definition) is 3. The van der Waals surface area contributed by atoms with Crippen molar-refractivity contribution < 1.29 is 27.8 Å². The summed E-state index contributed by atoms with van der Waals surface area (Å²) in [5.41, 5.74) is 1.60. The number of nitrogens with zero attached hydrogens (tertiary/aromatic N) is 1. The van der Waals surface area contributed by atoms with Crippen LogP contribution in [-0.2, 0) is 0 Å². The van der Waals surface area contributed by atoms with Crippen molar-refractivity contribution in [3.8, 4) is 17.2 Å². The first-order chi connectivity index (χ1) is 21.7. The van der Waals surface area contributed by atoms with Crippen LogP contribution in [0, 0.1) is 18.6 Å². The van der Waals surface area contributed by atoms with Gasteiger partial charge < -0.3 is 30.3 Å². The molecule has 1 heterocycles. The van der Waals surface area contributed by atoms with E-state index in [4.69, 9.17) is 9.47 Å². The van der Waals surface area contributed by atoms with Crippen molar-refractivity contribution in [3.63, 3.8) is 0 Å². The monoisotopic (exact) mass is 622 g/mol. The Morgan fingerprint density at radius 3 is 2.27 bits per heavy atom. The number of hydrogen-bond acceptors (Lipinski definition) is 5. The van der Waals surface area contributed by atoms with E-state index in [1.54, 1.807) is 18.2 Å². The average molecular weight is 623 g/mol. The minimum Gasteiger partial charge on any atom is -0.490 e. The van der Waals surface area contributed by atoms with Crippen LogP contribution < -0.4 is 25.4 Å². The zero-order chi connectivity index (χ0) is 32.3. The number of anilines is 2. The highest BCUT2D eigenvalue weighted by Crippen LogP contribution is 2.30. The number of halogens is 2. The predicted octanol–water partition coefficient (Wildman–Crippen LogP) is 8.27. The number of carbonyl (C=O) groups excluding carboxylic acids is 2. The lowest BCUT2D eigenvalue weighted by molar-refractivity contribution is 0.0991. The molecule has 0 radical (unpaired) electrons. The van der Waals surface area contributed by atoms with Crippen molar-refractivity contribution in [1.29, 1.82) is 0 Å². The van der Waals surface area contributed by atoms with Gasteiger partial charge in [-0.05, 0) is 93.6 Å². The Labute approximate surface area is 264 Å². The molecular weight excluding hydrogens is 578 g/mol. The van der Waals surface area contributed by atoms with Crippen molar-refractivity contribution in [2.75, 3.05) is 30.3 Å². The molecule has 0 unspecified atom stereocenters. The zero-order valence-corrected chi connectivity index (χ0v) is 26.6. The lowest BCUT2D eigenvalue weighted by Gasteiger charge is -2.32. The second-order valence-electron chi connectivity index (χ2n) is 11.4. The van der Waals surface area contributed by atoms with E-state index in [2.05, 4.69) is 27.8 Å². The Bertz CT molecular complexity index is 1440. The normalized spacial score (nSPS) is 13.8. The van der Waals surface area contributed by atoms with Gasteiger partial charge in [0.05, 0.1) is 5.69 Å². The fraction of sp³-hybridized carbons (Fsp3) is 0.429. The Hall–Kier alpha value is -4.18. The van der Waals surface area contributed by atoms with E-state index in [-0.39, 0.29) is 35.2 Å². The maximum Gasteiger partial charge on any atom is 0.319 e. The van der Waals surface area contributed by atoms with Crippen molar-refractivity contribution >= 4 is 23.3 Å². The summed E-state index contributed by atoms with van der Waals surface area (Å²) in [6.07, 6.45) is 6.02. The summed E-state index contributed by atoms with van der Waals surface area (Å²) in [5.74, 6) is -1.27. The van der Waals surface area contributed by atoms with E-state index >= 15 is 0 Å². The fourth-order valence-electron chi connectivity index (χ4n) is 5.21. The van der Waals surface area contributed by atoms with E-state index < -0.39 is 17.7 Å². The highest BCUT2D eigenvalue weighted by atomic mass is 19.1. The number of rotatable bonds is 13. The summed E-state index contributed by atoms with van der Waals surface area (Å²) < 4.78 is 41.2. The molecule has 3 amide bonds. The van der Waals surface area contributed by atoms with Crippen LogP contribution in [0.2, 0.25) is 0 Å². The van der Waals surface area contributed by atoms with Gasteiger partial charge in [0.2, 0.25) is 0 Å². The molecular formula is C35H44F2N4O4. The van der Waals surface area contributed by atoms with Crippen LogP contribution in [0.3, 0.4) is 0 Å². The number of nitrogens with one attached hydrogen (secondary N) is 3. The number of aryl methyl sites for hydroxylation is 1. The molecule has 242 valence electrons. The lowest BCUT2D eigenvalue weighted by Crippen LogP contribution is -2.38. The molecule has 45 heavy (non-hydrogen) atoms. The van der Waals surface area contributed by atoms with Crippen LogP contribution in [-0.4, -0.2) is 48.6 Å². The van der Waals surface area contributed by atoms with Gasteiger partial charge in [-0.25, -0.2) is 13.6 Å². The van der Waals surface area contributed by atoms with Gasteiger partial charge in [0.15, 0.2) is 17.4 Å². The third kappa shape index (κ3) is 9.65. The molecule has 0 spiro atoms. The average Bonchev–Trinajstić information content (AvgIpc) is 3.03. The van der Waals surface area contributed by atoms with E-state index in [0.29, 0.717) is 11.3 Å². The summed E-state index contributed by atoms with van der Waals surface area (Å²) in [6, 6.07) is 12.8. The molecule has 4 rings (SSSR count). The number of likely N-dealkylation sites (tertiary alicyclic amines) is 1. The summed E-state index contributed by atoms with van der Waals surface area (Å²) in [7, 11) is 0. The molecule has 10 heteroatoms. The molecule has 3 N–H and O–H groups in total. The zero-order valence-electron chi connectivity index (χ0n) is 26.6. The van der Waals surface area contributed by atoms with Gasteiger partial charge in [0.1, 0.15) is 17.6 Å². The molecule has 1 fully saturated rings. The molecule has 3 aromatic carbocycles. The summed E-state index contributed by atoms with van der Waals surface area (Å²) in [5, 5.41) is 7.90. The molecule has 1 aliphatic rings. The van der Waals surface area contributed by atoms with Crippen LogP contribution >= 0.6 is 0 Å². The molecule has 8 nitrogen and oxygen atoms in total. The second kappa shape index (κ2) is 16.2. The highest BCUT2D eigenvalue weighted by Gasteiger charge is 2.21. The number of amides is 3. The molecule has 0 atom stereocenters. The highest BCUT2D eigenvalue weighted by molar-refractivity contribution is 6.04. The van der Waals surface area contributed by atoms with Crippen molar-refractivity contribution in [3.05, 3.63) is 77.4 Å². The number of ether oxygens (including phenoxy) is 2. The first-order valence-corrected chi connectivity index (χ1v) is 15.8. The maximum absolute atomic E-state index is 14.7. The van der Waals surface area contributed by atoms with Crippen LogP contribution in [0.5, 0.6) is 17.2 Å². The summed E-state index contributed by atoms with van der Waals surface area (Å²) in [4.78, 5) is 27.6. The molecule has 1 aliphatic heterocycles. The van der Waals surface area contributed by atoms with Gasteiger partial charge in [-0.2, -0.15) is 0 Å². The summed E-state index contributed by atoms with van der Waals surface area (Å²) >= 11 is 0. The van der Waals surface area contributed by atoms with Crippen LogP contribution in [0.4, 0.5) is 25.0 Å². The van der Waals surface area contributed by atoms with Crippen molar-refractivity contribution in [2.45, 2.75) is 78.4 Å². The first kappa shape index (κ1) is 33.7. The Morgan fingerprint density at radius 2 is 1.62 bits per heavy atom. The topological polar surface area (TPSA) is 91.9 Å². The smallest absolute Gasteiger partial charge is 0.319 e. The van der Waals surface area contributed by atoms with Crippen LogP contribution in [0.25, 0.3) is 0 Å². The molecule has 0 bridgehead atoms. The van der Waals surface area contributed by atoms with Crippen LogP contribution in [0.1, 0.15) is 75.2 Å². The molecule has 0 aromatic heterocycles.